The van der Waals surface area contributed by atoms with Gasteiger partial charge in [0.15, 0.2) is 12.5 Å². The molecule has 0 aromatic carbocycles. The van der Waals surface area contributed by atoms with Crippen LogP contribution in [0.5, 0.6) is 0 Å². The van der Waals surface area contributed by atoms with Crippen LogP contribution in [0.1, 0.15) is 20.3 Å². The van der Waals surface area contributed by atoms with Gasteiger partial charge in [0.05, 0.1) is 6.61 Å². The van der Waals surface area contributed by atoms with Gasteiger partial charge in [-0.3, -0.25) is 0 Å². The third kappa shape index (κ3) is 4.68. The molecule has 0 aliphatic heterocycles. The van der Waals surface area contributed by atoms with E-state index in [1.54, 1.807) is 0 Å². The molecule has 0 aliphatic rings. The number of rotatable bonds is 5. The lowest BCUT2D eigenvalue weighted by molar-refractivity contribution is -0.148. The maximum absolute atomic E-state index is 10.7. The van der Waals surface area contributed by atoms with Crippen molar-refractivity contribution in [2.45, 2.75) is 20.3 Å². The monoisotopic (exact) mass is 175 g/mol. The third-order valence-electron chi connectivity index (χ3n) is 1.07. The van der Waals surface area contributed by atoms with Crippen LogP contribution in [0.4, 0.5) is 0 Å². The molecular formula is C7H13NO4. The molecule has 0 amide bonds. The summed E-state index contributed by atoms with van der Waals surface area (Å²) in [6.07, 6.45) is 0.866. The summed E-state index contributed by atoms with van der Waals surface area (Å²) in [4.78, 5) is 10.7. The van der Waals surface area contributed by atoms with Gasteiger partial charge in [0.2, 0.25) is 0 Å². The smallest absolute Gasteiger partial charge is 0.357 e. The quantitative estimate of drug-likeness (QED) is 0.167. The van der Waals surface area contributed by atoms with Crippen LogP contribution in [0.3, 0.4) is 0 Å². The number of carbonyl (C=O) groups excluding carboxylic acids is 1. The van der Waals surface area contributed by atoms with Crippen LogP contribution < -0.4 is 0 Å². The molecule has 0 aromatic rings. The van der Waals surface area contributed by atoms with Crippen LogP contribution >= 0.6 is 0 Å². The van der Waals surface area contributed by atoms with E-state index < -0.39 is 5.97 Å². The molecule has 0 saturated heterocycles. The summed E-state index contributed by atoms with van der Waals surface area (Å²) >= 11 is 0. The maximum atomic E-state index is 10.7. The van der Waals surface area contributed by atoms with E-state index in [-0.39, 0.29) is 12.5 Å². The number of ether oxygens (including phenoxy) is 2. The molecule has 5 heteroatoms. The molecule has 0 atom stereocenters. The zero-order valence-corrected chi connectivity index (χ0v) is 7.24. The molecule has 0 fully saturated rings. The Morgan fingerprint density at radius 3 is 2.75 bits per heavy atom. The van der Waals surface area contributed by atoms with E-state index in [4.69, 9.17) is 9.94 Å². The molecule has 0 bridgehead atoms. The summed E-state index contributed by atoms with van der Waals surface area (Å²) in [7, 11) is 0. The van der Waals surface area contributed by atoms with E-state index in [2.05, 4.69) is 9.89 Å². The average molecular weight is 175 g/mol. The lowest BCUT2D eigenvalue weighted by Crippen LogP contribution is -2.16. The molecule has 70 valence electrons. The first-order chi connectivity index (χ1) is 5.72. The molecule has 0 aliphatic carbocycles. The van der Waals surface area contributed by atoms with E-state index in [0.717, 1.165) is 6.42 Å². The molecule has 1 N–H and O–H groups in total. The Morgan fingerprint density at radius 1 is 1.58 bits per heavy atom. The van der Waals surface area contributed by atoms with Crippen LogP contribution in [-0.2, 0) is 14.3 Å². The SMILES string of the molecule is CCCOCOC(=O)/C(C)=N/O. The number of esters is 1. The number of nitrogens with zero attached hydrogens (tertiary/aromatic N) is 1. The minimum absolute atomic E-state index is 0.0879. The second-order valence-corrected chi connectivity index (χ2v) is 2.14. The Balaban J connectivity index is 3.45. The van der Waals surface area contributed by atoms with Crippen molar-refractivity contribution < 1.29 is 19.5 Å². The number of oxime groups is 1. The van der Waals surface area contributed by atoms with Crippen LogP contribution in [-0.4, -0.2) is 30.3 Å². The molecule has 12 heavy (non-hydrogen) atoms. The number of hydrogen-bond acceptors (Lipinski definition) is 5. The predicted molar refractivity (Wildman–Crippen MR) is 42.1 cm³/mol. The van der Waals surface area contributed by atoms with Crippen molar-refractivity contribution in [3.8, 4) is 0 Å². The molecule has 0 heterocycles. The van der Waals surface area contributed by atoms with E-state index in [9.17, 15) is 4.79 Å². The van der Waals surface area contributed by atoms with Crippen LogP contribution in [0.15, 0.2) is 5.16 Å². The summed E-state index contributed by atoms with van der Waals surface area (Å²) in [5.41, 5.74) is -0.0879. The van der Waals surface area contributed by atoms with E-state index >= 15 is 0 Å². The highest BCUT2D eigenvalue weighted by atomic mass is 16.7. The molecular weight excluding hydrogens is 162 g/mol. The van der Waals surface area contributed by atoms with Crippen LogP contribution in [0.25, 0.3) is 0 Å². The predicted octanol–water partition coefficient (Wildman–Crippen LogP) is 0.764. The van der Waals surface area contributed by atoms with Gasteiger partial charge in [0, 0.05) is 0 Å². The van der Waals surface area contributed by atoms with Gasteiger partial charge in [0.1, 0.15) is 0 Å². The van der Waals surface area contributed by atoms with Crippen molar-refractivity contribution in [1.82, 2.24) is 0 Å². The molecule has 0 aromatic heterocycles. The Morgan fingerprint density at radius 2 is 2.25 bits per heavy atom. The molecule has 0 unspecified atom stereocenters. The van der Waals surface area contributed by atoms with Gasteiger partial charge in [-0.05, 0) is 13.3 Å². The Hall–Kier alpha value is -1.10. The van der Waals surface area contributed by atoms with Crippen molar-refractivity contribution >= 4 is 11.7 Å². The number of hydrogen-bond donors (Lipinski definition) is 1. The van der Waals surface area contributed by atoms with Gasteiger partial charge in [-0.15, -0.1) is 0 Å². The van der Waals surface area contributed by atoms with E-state index in [0.29, 0.717) is 6.61 Å². The van der Waals surface area contributed by atoms with E-state index in [1.165, 1.54) is 6.92 Å². The fourth-order valence-corrected chi connectivity index (χ4v) is 0.444. The van der Waals surface area contributed by atoms with Crippen molar-refractivity contribution in [2.24, 2.45) is 5.16 Å². The molecule has 0 spiro atoms. The molecule has 0 rings (SSSR count). The van der Waals surface area contributed by atoms with Gasteiger partial charge >= 0.3 is 5.97 Å². The second kappa shape index (κ2) is 6.60. The highest BCUT2D eigenvalue weighted by molar-refractivity contribution is 6.35. The first kappa shape index (κ1) is 10.9. The van der Waals surface area contributed by atoms with E-state index in [1.807, 2.05) is 6.92 Å². The normalized spacial score (nSPS) is 11.3. The van der Waals surface area contributed by atoms with Crippen LogP contribution in [0, 0.1) is 0 Å². The fraction of sp³-hybridized carbons (Fsp3) is 0.714. The van der Waals surface area contributed by atoms with Crippen molar-refractivity contribution in [3.63, 3.8) is 0 Å². The van der Waals surface area contributed by atoms with Gasteiger partial charge in [-0.25, -0.2) is 4.79 Å². The highest BCUT2D eigenvalue weighted by Crippen LogP contribution is 1.86. The minimum atomic E-state index is -0.673. The summed E-state index contributed by atoms with van der Waals surface area (Å²) in [5, 5.41) is 10.8. The molecule has 0 radical (unpaired) electrons. The minimum Gasteiger partial charge on any atom is -0.434 e. The first-order valence-electron chi connectivity index (χ1n) is 3.65. The Bertz CT molecular complexity index is 167. The van der Waals surface area contributed by atoms with Crippen molar-refractivity contribution in [2.75, 3.05) is 13.4 Å². The first-order valence-corrected chi connectivity index (χ1v) is 3.65. The summed E-state index contributed by atoms with van der Waals surface area (Å²) in [6, 6.07) is 0. The summed E-state index contributed by atoms with van der Waals surface area (Å²) in [6.45, 7) is 3.74. The third-order valence-corrected chi connectivity index (χ3v) is 1.07. The number of carbonyl (C=O) groups is 1. The van der Waals surface area contributed by atoms with Gasteiger partial charge in [0.25, 0.3) is 0 Å². The standard InChI is InChI=1S/C7H13NO4/c1-3-4-11-5-12-7(9)6(2)8-10/h10H,3-5H2,1-2H3/b8-6+. The van der Waals surface area contributed by atoms with Gasteiger partial charge in [-0.1, -0.05) is 12.1 Å². The largest absolute Gasteiger partial charge is 0.434 e. The van der Waals surface area contributed by atoms with Crippen molar-refractivity contribution in [3.05, 3.63) is 0 Å². The van der Waals surface area contributed by atoms with Crippen molar-refractivity contribution in [1.29, 1.82) is 0 Å². The summed E-state index contributed by atoms with van der Waals surface area (Å²) in [5.74, 6) is -0.673. The zero-order valence-electron chi connectivity index (χ0n) is 7.24. The summed E-state index contributed by atoms with van der Waals surface area (Å²) < 4.78 is 9.41. The van der Waals surface area contributed by atoms with Gasteiger partial charge in [-0.2, -0.15) is 0 Å². The maximum Gasteiger partial charge on any atom is 0.357 e. The fourth-order valence-electron chi connectivity index (χ4n) is 0.444. The lowest BCUT2D eigenvalue weighted by atomic mass is 10.4. The highest BCUT2D eigenvalue weighted by Gasteiger charge is 2.06. The zero-order chi connectivity index (χ0) is 9.40. The average Bonchev–Trinajstić information content (AvgIpc) is 2.10. The second-order valence-electron chi connectivity index (χ2n) is 2.14. The van der Waals surface area contributed by atoms with Gasteiger partial charge < -0.3 is 14.7 Å². The molecule has 0 saturated carbocycles. The molecule has 5 nitrogen and oxygen atoms in total. The van der Waals surface area contributed by atoms with Crippen LogP contribution in [0.2, 0.25) is 0 Å². The Kier molecular flexibility index (Phi) is 6.00. The Labute approximate surface area is 71.0 Å². The topological polar surface area (TPSA) is 68.1 Å². The lowest BCUT2D eigenvalue weighted by Gasteiger charge is -2.02.